The molecule has 118 valence electrons. The van der Waals surface area contributed by atoms with Crippen molar-refractivity contribution in [2.24, 2.45) is 0 Å². The van der Waals surface area contributed by atoms with Crippen molar-refractivity contribution in [2.45, 2.75) is 13.5 Å². The Labute approximate surface area is 140 Å². The second kappa shape index (κ2) is 7.20. The largest absolute Gasteiger partial charge is 0.365 e. The third kappa shape index (κ3) is 3.84. The van der Waals surface area contributed by atoms with Gasteiger partial charge in [-0.2, -0.15) is 15.3 Å². The van der Waals surface area contributed by atoms with Crippen molar-refractivity contribution in [1.82, 2.24) is 15.2 Å². The third-order valence-electron chi connectivity index (χ3n) is 3.41. The van der Waals surface area contributed by atoms with Crippen LogP contribution < -0.4 is 10.6 Å². The molecule has 24 heavy (non-hydrogen) atoms. The van der Waals surface area contributed by atoms with Crippen molar-refractivity contribution in [1.29, 1.82) is 5.26 Å². The number of nitrogens with zero attached hydrogens (tertiary/aromatic N) is 4. The fourth-order valence-electron chi connectivity index (χ4n) is 2.27. The molecule has 3 rings (SSSR count). The third-order valence-corrected chi connectivity index (χ3v) is 3.41. The summed E-state index contributed by atoms with van der Waals surface area (Å²) in [5.74, 6) is 0.954. The van der Waals surface area contributed by atoms with Crippen LogP contribution in [-0.2, 0) is 6.54 Å². The van der Waals surface area contributed by atoms with Gasteiger partial charge in [0.25, 0.3) is 0 Å². The number of anilines is 3. The molecular formula is C18H16N6. The zero-order valence-corrected chi connectivity index (χ0v) is 13.2. The number of nitrogens with one attached hydrogen (secondary N) is 2. The highest BCUT2D eigenvalue weighted by molar-refractivity contribution is 5.63. The first-order chi connectivity index (χ1) is 11.7. The maximum Gasteiger partial charge on any atom is 0.249 e. The van der Waals surface area contributed by atoms with Crippen molar-refractivity contribution in [2.75, 3.05) is 10.6 Å². The molecular weight excluding hydrogens is 300 g/mol. The minimum atomic E-state index is 0.340. The molecule has 0 radical (unpaired) electrons. The SMILES string of the molecule is Cc1cccc(CNc2cnnc(Nc3ccccc3C#N)n2)c1. The number of para-hydroxylation sites is 1. The summed E-state index contributed by atoms with van der Waals surface area (Å²) >= 11 is 0. The number of rotatable bonds is 5. The first-order valence-electron chi connectivity index (χ1n) is 7.50. The first kappa shape index (κ1) is 15.4. The minimum Gasteiger partial charge on any atom is -0.365 e. The quantitative estimate of drug-likeness (QED) is 0.750. The van der Waals surface area contributed by atoms with Gasteiger partial charge < -0.3 is 10.6 Å². The van der Waals surface area contributed by atoms with Gasteiger partial charge in [0.1, 0.15) is 6.07 Å². The van der Waals surface area contributed by atoms with Crippen molar-refractivity contribution in [3.8, 4) is 6.07 Å². The van der Waals surface area contributed by atoms with E-state index in [9.17, 15) is 0 Å². The Balaban J connectivity index is 1.71. The first-order valence-corrected chi connectivity index (χ1v) is 7.50. The van der Waals surface area contributed by atoms with E-state index in [1.807, 2.05) is 18.2 Å². The minimum absolute atomic E-state index is 0.340. The predicted molar refractivity (Wildman–Crippen MR) is 92.8 cm³/mol. The molecule has 0 amide bonds. The van der Waals surface area contributed by atoms with E-state index in [1.54, 1.807) is 18.3 Å². The smallest absolute Gasteiger partial charge is 0.249 e. The summed E-state index contributed by atoms with van der Waals surface area (Å²) in [5.41, 5.74) is 3.56. The van der Waals surface area contributed by atoms with Crippen LogP contribution in [0.25, 0.3) is 0 Å². The van der Waals surface area contributed by atoms with Gasteiger partial charge in [-0.15, -0.1) is 5.10 Å². The Morgan fingerprint density at radius 2 is 2.00 bits per heavy atom. The van der Waals surface area contributed by atoms with E-state index >= 15 is 0 Å². The van der Waals surface area contributed by atoms with Crippen molar-refractivity contribution in [3.63, 3.8) is 0 Å². The van der Waals surface area contributed by atoms with Gasteiger partial charge in [0.2, 0.25) is 5.95 Å². The lowest BCUT2D eigenvalue weighted by Gasteiger charge is -2.09. The van der Waals surface area contributed by atoms with Crippen LogP contribution in [-0.4, -0.2) is 15.2 Å². The maximum absolute atomic E-state index is 9.12. The molecule has 0 spiro atoms. The lowest BCUT2D eigenvalue weighted by Crippen LogP contribution is -2.06. The van der Waals surface area contributed by atoms with Gasteiger partial charge in [0.15, 0.2) is 5.82 Å². The lowest BCUT2D eigenvalue weighted by atomic mass is 10.1. The van der Waals surface area contributed by atoms with Gasteiger partial charge in [-0.3, -0.25) is 0 Å². The van der Waals surface area contributed by atoms with Crippen LogP contribution in [0, 0.1) is 18.3 Å². The maximum atomic E-state index is 9.12. The number of hydrogen-bond acceptors (Lipinski definition) is 6. The summed E-state index contributed by atoms with van der Waals surface area (Å²) in [4.78, 5) is 4.38. The molecule has 0 saturated heterocycles. The van der Waals surface area contributed by atoms with E-state index in [4.69, 9.17) is 5.26 Å². The zero-order chi connectivity index (χ0) is 16.8. The molecule has 6 nitrogen and oxygen atoms in total. The number of aryl methyl sites for hydroxylation is 1. The molecule has 3 aromatic rings. The fourth-order valence-corrected chi connectivity index (χ4v) is 2.27. The number of benzene rings is 2. The number of aromatic nitrogens is 3. The normalized spacial score (nSPS) is 10.0. The van der Waals surface area contributed by atoms with Gasteiger partial charge in [0.05, 0.1) is 17.4 Å². The van der Waals surface area contributed by atoms with Gasteiger partial charge in [-0.25, -0.2) is 0 Å². The van der Waals surface area contributed by atoms with Crippen molar-refractivity contribution < 1.29 is 0 Å². The molecule has 0 aliphatic heterocycles. The van der Waals surface area contributed by atoms with E-state index in [0.717, 1.165) is 5.56 Å². The molecule has 6 heteroatoms. The summed E-state index contributed by atoms with van der Waals surface area (Å²) in [7, 11) is 0. The van der Waals surface area contributed by atoms with E-state index in [-0.39, 0.29) is 0 Å². The van der Waals surface area contributed by atoms with Crippen LogP contribution >= 0.6 is 0 Å². The zero-order valence-electron chi connectivity index (χ0n) is 13.2. The molecule has 0 bridgehead atoms. The molecule has 0 saturated carbocycles. The lowest BCUT2D eigenvalue weighted by molar-refractivity contribution is 0.965. The number of hydrogen-bond donors (Lipinski definition) is 2. The Bertz CT molecular complexity index is 884. The highest BCUT2D eigenvalue weighted by Crippen LogP contribution is 2.18. The molecule has 0 aliphatic carbocycles. The highest BCUT2D eigenvalue weighted by atomic mass is 15.3. The van der Waals surface area contributed by atoms with Gasteiger partial charge >= 0.3 is 0 Å². The van der Waals surface area contributed by atoms with Gasteiger partial charge in [-0.1, -0.05) is 42.0 Å². The van der Waals surface area contributed by atoms with Crippen molar-refractivity contribution >= 4 is 17.5 Å². The van der Waals surface area contributed by atoms with Gasteiger partial charge in [-0.05, 0) is 24.6 Å². The van der Waals surface area contributed by atoms with E-state index in [1.165, 1.54) is 5.56 Å². The van der Waals surface area contributed by atoms with Crippen molar-refractivity contribution in [3.05, 3.63) is 71.4 Å². The molecule has 0 fully saturated rings. The molecule has 0 unspecified atom stereocenters. The number of nitriles is 1. The van der Waals surface area contributed by atoms with E-state index in [0.29, 0.717) is 29.6 Å². The topological polar surface area (TPSA) is 86.5 Å². The highest BCUT2D eigenvalue weighted by Gasteiger charge is 2.05. The van der Waals surface area contributed by atoms with Crippen LogP contribution in [0.15, 0.2) is 54.7 Å². The summed E-state index contributed by atoms with van der Waals surface area (Å²) < 4.78 is 0. The van der Waals surface area contributed by atoms with Crippen LogP contribution in [0.1, 0.15) is 16.7 Å². The second-order valence-electron chi connectivity index (χ2n) is 5.29. The van der Waals surface area contributed by atoms with Gasteiger partial charge in [0, 0.05) is 6.54 Å². The molecule has 1 heterocycles. The van der Waals surface area contributed by atoms with Crippen LogP contribution in [0.4, 0.5) is 17.5 Å². The average Bonchev–Trinajstić information content (AvgIpc) is 2.61. The second-order valence-corrected chi connectivity index (χ2v) is 5.29. The summed E-state index contributed by atoms with van der Waals surface area (Å²) in [6.45, 7) is 2.71. The Kier molecular flexibility index (Phi) is 4.63. The fraction of sp³-hybridized carbons (Fsp3) is 0.111. The average molecular weight is 316 g/mol. The van der Waals surface area contributed by atoms with Crippen LogP contribution in [0.5, 0.6) is 0 Å². The summed E-state index contributed by atoms with van der Waals surface area (Å²) in [6, 6.07) is 17.6. The Morgan fingerprint density at radius 3 is 2.83 bits per heavy atom. The molecule has 2 aromatic carbocycles. The predicted octanol–water partition coefficient (Wildman–Crippen LogP) is 3.41. The summed E-state index contributed by atoms with van der Waals surface area (Å²) in [6.07, 6.45) is 1.57. The molecule has 2 N–H and O–H groups in total. The monoisotopic (exact) mass is 316 g/mol. The Morgan fingerprint density at radius 1 is 1.12 bits per heavy atom. The molecule has 0 aliphatic rings. The molecule has 0 atom stereocenters. The summed E-state index contributed by atoms with van der Waals surface area (Å²) in [5, 5.41) is 23.3. The van der Waals surface area contributed by atoms with E-state index < -0.39 is 0 Å². The Hall–Kier alpha value is -3.46. The van der Waals surface area contributed by atoms with E-state index in [2.05, 4.69) is 57.0 Å². The van der Waals surface area contributed by atoms with Crippen LogP contribution in [0.2, 0.25) is 0 Å². The standard InChI is InChI=1S/C18H16N6/c1-13-5-4-6-14(9-13)11-20-17-12-21-24-18(23-17)22-16-8-3-2-7-15(16)10-19/h2-9,12H,11H2,1H3,(H2,20,22,23,24). The molecule has 1 aromatic heterocycles. The van der Waals surface area contributed by atoms with Crippen LogP contribution in [0.3, 0.4) is 0 Å².